The summed E-state index contributed by atoms with van der Waals surface area (Å²) in [5.41, 5.74) is 1.91. The van der Waals surface area contributed by atoms with E-state index in [1.54, 1.807) is 25.3 Å². The molecule has 18 heavy (non-hydrogen) atoms. The summed E-state index contributed by atoms with van der Waals surface area (Å²) in [7, 11) is 1.60. The average molecular weight is 244 g/mol. The lowest BCUT2D eigenvalue weighted by molar-refractivity contribution is 0.276. The van der Waals surface area contributed by atoms with Crippen molar-refractivity contribution in [2.75, 3.05) is 7.11 Å². The molecule has 94 valence electrons. The molecule has 3 nitrogen and oxygen atoms in total. The number of hydrogen-bond donors (Lipinski definition) is 1. The number of rotatable bonds is 4. The molecule has 2 rings (SSSR count). The molecule has 0 saturated carbocycles. The fourth-order valence-electron chi connectivity index (χ4n) is 1.62. The summed E-state index contributed by atoms with van der Waals surface area (Å²) in [5.74, 6) is 2.05. The third-order valence-corrected chi connectivity index (χ3v) is 2.69. The topological polar surface area (TPSA) is 38.7 Å². The van der Waals surface area contributed by atoms with Crippen molar-refractivity contribution in [2.45, 2.75) is 13.5 Å². The van der Waals surface area contributed by atoms with Gasteiger partial charge in [0.2, 0.25) is 0 Å². The molecular formula is C15H16O3. The Kier molecular flexibility index (Phi) is 3.85. The largest absolute Gasteiger partial charge is 0.497 e. The summed E-state index contributed by atoms with van der Waals surface area (Å²) >= 11 is 0. The number of aliphatic hydroxyl groups excluding tert-OH is 1. The van der Waals surface area contributed by atoms with E-state index in [-0.39, 0.29) is 6.61 Å². The van der Waals surface area contributed by atoms with Crippen LogP contribution in [0.15, 0.2) is 42.5 Å². The van der Waals surface area contributed by atoms with Crippen LogP contribution in [-0.2, 0) is 6.61 Å². The number of ether oxygens (including phenoxy) is 2. The first-order chi connectivity index (χ1) is 8.72. The van der Waals surface area contributed by atoms with Crippen molar-refractivity contribution in [3.63, 3.8) is 0 Å². The highest BCUT2D eigenvalue weighted by atomic mass is 16.5. The van der Waals surface area contributed by atoms with Crippen LogP contribution in [0.25, 0.3) is 0 Å². The quantitative estimate of drug-likeness (QED) is 0.897. The van der Waals surface area contributed by atoms with E-state index in [1.165, 1.54) is 5.56 Å². The zero-order valence-corrected chi connectivity index (χ0v) is 10.5. The van der Waals surface area contributed by atoms with Crippen LogP contribution in [0.2, 0.25) is 0 Å². The van der Waals surface area contributed by atoms with Gasteiger partial charge in [0.05, 0.1) is 13.7 Å². The normalized spacial score (nSPS) is 10.2. The molecule has 0 bridgehead atoms. The summed E-state index contributed by atoms with van der Waals surface area (Å²) in [6.45, 7) is 1.96. The van der Waals surface area contributed by atoms with E-state index in [0.29, 0.717) is 11.5 Å². The van der Waals surface area contributed by atoms with Crippen LogP contribution in [0.4, 0.5) is 0 Å². The van der Waals surface area contributed by atoms with E-state index < -0.39 is 0 Å². The van der Waals surface area contributed by atoms with Crippen molar-refractivity contribution in [1.29, 1.82) is 0 Å². The van der Waals surface area contributed by atoms with E-state index in [0.717, 1.165) is 11.3 Å². The molecule has 3 heteroatoms. The molecule has 0 saturated heterocycles. The van der Waals surface area contributed by atoms with Gasteiger partial charge in [0.1, 0.15) is 17.2 Å². The number of hydrogen-bond acceptors (Lipinski definition) is 3. The van der Waals surface area contributed by atoms with Crippen LogP contribution in [0.3, 0.4) is 0 Å². The van der Waals surface area contributed by atoms with Crippen LogP contribution in [0.5, 0.6) is 17.2 Å². The Morgan fingerprint density at radius 1 is 1.00 bits per heavy atom. The van der Waals surface area contributed by atoms with Gasteiger partial charge in [-0.25, -0.2) is 0 Å². The molecule has 2 aromatic rings. The van der Waals surface area contributed by atoms with Crippen LogP contribution in [-0.4, -0.2) is 12.2 Å². The van der Waals surface area contributed by atoms with Gasteiger partial charge in [-0.3, -0.25) is 0 Å². The van der Waals surface area contributed by atoms with Gasteiger partial charge in [-0.2, -0.15) is 0 Å². The van der Waals surface area contributed by atoms with E-state index in [4.69, 9.17) is 9.47 Å². The van der Waals surface area contributed by atoms with Gasteiger partial charge in [0, 0.05) is 11.6 Å². The molecule has 1 N–H and O–H groups in total. The molecule has 0 radical (unpaired) electrons. The van der Waals surface area contributed by atoms with Crippen LogP contribution >= 0.6 is 0 Å². The van der Waals surface area contributed by atoms with Gasteiger partial charge in [-0.05, 0) is 31.2 Å². The third-order valence-electron chi connectivity index (χ3n) is 2.69. The lowest BCUT2D eigenvalue weighted by atomic mass is 10.2. The molecule has 0 aromatic heterocycles. The van der Waals surface area contributed by atoms with Crippen molar-refractivity contribution >= 4 is 0 Å². The molecule has 0 unspecified atom stereocenters. The Hall–Kier alpha value is -2.00. The molecule has 0 fully saturated rings. The summed E-state index contributed by atoms with van der Waals surface area (Å²) in [5, 5.41) is 9.28. The van der Waals surface area contributed by atoms with Crippen molar-refractivity contribution in [2.24, 2.45) is 0 Å². The Morgan fingerprint density at radius 2 is 1.67 bits per heavy atom. The molecule has 2 aromatic carbocycles. The number of benzene rings is 2. The maximum absolute atomic E-state index is 9.28. The van der Waals surface area contributed by atoms with Crippen LogP contribution in [0, 0.1) is 6.92 Å². The van der Waals surface area contributed by atoms with E-state index in [1.807, 2.05) is 31.2 Å². The number of methoxy groups -OCH3 is 1. The number of aliphatic hydroxyl groups is 1. The fourth-order valence-corrected chi connectivity index (χ4v) is 1.62. The van der Waals surface area contributed by atoms with Gasteiger partial charge in [-0.1, -0.05) is 17.7 Å². The maximum atomic E-state index is 9.28. The second-order valence-corrected chi connectivity index (χ2v) is 4.05. The molecule has 0 aliphatic heterocycles. The predicted octanol–water partition coefficient (Wildman–Crippen LogP) is 3.29. The third kappa shape index (κ3) is 2.81. The Balaban J connectivity index is 2.29. The zero-order chi connectivity index (χ0) is 13.0. The Labute approximate surface area is 107 Å². The highest BCUT2D eigenvalue weighted by Gasteiger charge is 2.06. The van der Waals surface area contributed by atoms with Gasteiger partial charge >= 0.3 is 0 Å². The minimum Gasteiger partial charge on any atom is -0.497 e. The van der Waals surface area contributed by atoms with Crippen molar-refractivity contribution < 1.29 is 14.6 Å². The van der Waals surface area contributed by atoms with E-state index >= 15 is 0 Å². The molecule has 0 atom stereocenters. The second kappa shape index (κ2) is 5.56. The Morgan fingerprint density at radius 3 is 2.28 bits per heavy atom. The second-order valence-electron chi connectivity index (χ2n) is 4.05. The fraction of sp³-hybridized carbons (Fsp3) is 0.200. The van der Waals surface area contributed by atoms with Crippen molar-refractivity contribution in [1.82, 2.24) is 0 Å². The van der Waals surface area contributed by atoms with E-state index in [2.05, 4.69) is 0 Å². The highest BCUT2D eigenvalue weighted by molar-refractivity contribution is 5.43. The van der Waals surface area contributed by atoms with Gasteiger partial charge in [-0.15, -0.1) is 0 Å². The highest BCUT2D eigenvalue weighted by Crippen LogP contribution is 2.29. The van der Waals surface area contributed by atoms with Crippen LogP contribution < -0.4 is 9.47 Å². The van der Waals surface area contributed by atoms with E-state index in [9.17, 15) is 5.11 Å². The minimum atomic E-state index is -0.0643. The first-order valence-corrected chi connectivity index (χ1v) is 5.75. The summed E-state index contributed by atoms with van der Waals surface area (Å²) < 4.78 is 10.9. The smallest absolute Gasteiger partial charge is 0.136 e. The minimum absolute atomic E-state index is 0.0643. The average Bonchev–Trinajstić information content (AvgIpc) is 2.41. The summed E-state index contributed by atoms with van der Waals surface area (Å²) in [6, 6.07) is 13.1. The first kappa shape index (κ1) is 12.5. The lowest BCUT2D eigenvalue weighted by Gasteiger charge is -2.11. The maximum Gasteiger partial charge on any atom is 0.136 e. The standard InChI is InChI=1S/C15H16O3/c1-11-3-6-13(7-4-11)18-15-9-14(17-2)8-5-12(15)10-16/h3-9,16H,10H2,1-2H3. The molecular weight excluding hydrogens is 228 g/mol. The molecule has 0 heterocycles. The van der Waals surface area contributed by atoms with Crippen molar-refractivity contribution in [3.8, 4) is 17.2 Å². The molecule has 0 aliphatic carbocycles. The first-order valence-electron chi connectivity index (χ1n) is 5.75. The van der Waals surface area contributed by atoms with Crippen LogP contribution in [0.1, 0.15) is 11.1 Å². The van der Waals surface area contributed by atoms with Crippen molar-refractivity contribution in [3.05, 3.63) is 53.6 Å². The predicted molar refractivity (Wildman–Crippen MR) is 70.2 cm³/mol. The van der Waals surface area contributed by atoms with Gasteiger partial charge in [0.25, 0.3) is 0 Å². The number of aryl methyl sites for hydroxylation is 1. The lowest BCUT2D eigenvalue weighted by Crippen LogP contribution is -1.93. The molecule has 0 amide bonds. The molecule has 0 aliphatic rings. The molecule has 0 spiro atoms. The summed E-state index contributed by atoms with van der Waals surface area (Å²) in [4.78, 5) is 0. The summed E-state index contributed by atoms with van der Waals surface area (Å²) in [6.07, 6.45) is 0. The monoisotopic (exact) mass is 244 g/mol. The van der Waals surface area contributed by atoms with Gasteiger partial charge in [0.15, 0.2) is 0 Å². The van der Waals surface area contributed by atoms with Gasteiger partial charge < -0.3 is 14.6 Å². The Bertz CT molecular complexity index is 518. The zero-order valence-electron chi connectivity index (χ0n) is 10.5. The SMILES string of the molecule is COc1ccc(CO)c(Oc2ccc(C)cc2)c1.